The lowest BCUT2D eigenvalue weighted by Gasteiger charge is -2.15. The molecule has 0 fully saturated rings. The molecule has 0 aliphatic rings. The smallest absolute Gasteiger partial charge is 0.160 e. The molecule has 0 saturated heterocycles. The van der Waals surface area contributed by atoms with Crippen LogP contribution in [0.4, 0.5) is 28.8 Å². The predicted octanol–water partition coefficient (Wildman–Crippen LogP) is 3.65. The zero-order valence-electron chi connectivity index (χ0n) is 14.2. The Morgan fingerprint density at radius 2 is 1.72 bits per heavy atom. The highest BCUT2D eigenvalue weighted by atomic mass is 16.5. The standard InChI is InChI=1S/C18H20N6O/c1-3-25-14-9-5-4-8-13(14)23-17-15(19)18(22-11-21-17)24-16-12(2)7-6-10-20-16/h4-11H,3,19H2,1-2H3,(H2,20,21,22,23,24). The summed E-state index contributed by atoms with van der Waals surface area (Å²) in [4.78, 5) is 12.8. The van der Waals surface area contributed by atoms with Crippen molar-refractivity contribution in [3.05, 3.63) is 54.5 Å². The van der Waals surface area contributed by atoms with Crippen LogP contribution in [0.5, 0.6) is 5.75 Å². The van der Waals surface area contributed by atoms with Gasteiger partial charge in [-0.1, -0.05) is 18.2 Å². The van der Waals surface area contributed by atoms with E-state index in [0.29, 0.717) is 29.7 Å². The van der Waals surface area contributed by atoms with Gasteiger partial charge in [-0.3, -0.25) is 0 Å². The molecule has 7 nitrogen and oxygen atoms in total. The second-order valence-electron chi connectivity index (χ2n) is 5.33. The van der Waals surface area contributed by atoms with Crippen LogP contribution in [0.2, 0.25) is 0 Å². The molecule has 0 saturated carbocycles. The summed E-state index contributed by atoms with van der Waals surface area (Å²) in [5, 5.41) is 6.35. The van der Waals surface area contributed by atoms with Gasteiger partial charge in [0, 0.05) is 6.20 Å². The van der Waals surface area contributed by atoms with Crippen molar-refractivity contribution in [1.82, 2.24) is 15.0 Å². The summed E-state index contributed by atoms with van der Waals surface area (Å²) in [5.74, 6) is 2.43. The molecule has 0 spiro atoms. The van der Waals surface area contributed by atoms with Crippen LogP contribution in [-0.2, 0) is 0 Å². The number of nitrogens with zero attached hydrogens (tertiary/aromatic N) is 3. The molecule has 7 heteroatoms. The van der Waals surface area contributed by atoms with Gasteiger partial charge in [-0.05, 0) is 37.6 Å². The van der Waals surface area contributed by atoms with E-state index in [2.05, 4.69) is 25.6 Å². The topological polar surface area (TPSA) is 98.0 Å². The molecule has 0 aliphatic carbocycles. The minimum absolute atomic E-state index is 0.402. The number of nitrogen functional groups attached to an aromatic ring is 1. The van der Waals surface area contributed by atoms with Crippen molar-refractivity contribution in [2.45, 2.75) is 13.8 Å². The Labute approximate surface area is 146 Å². The maximum Gasteiger partial charge on any atom is 0.160 e. The number of nitrogens with one attached hydrogen (secondary N) is 2. The number of anilines is 5. The number of aryl methyl sites for hydroxylation is 1. The molecule has 1 aromatic carbocycles. The van der Waals surface area contributed by atoms with E-state index in [1.807, 2.05) is 50.2 Å². The van der Waals surface area contributed by atoms with E-state index in [-0.39, 0.29) is 0 Å². The molecule has 0 unspecified atom stereocenters. The number of para-hydroxylation sites is 2. The Morgan fingerprint density at radius 1 is 0.960 bits per heavy atom. The normalized spacial score (nSPS) is 10.3. The summed E-state index contributed by atoms with van der Waals surface area (Å²) in [6.45, 7) is 4.47. The van der Waals surface area contributed by atoms with E-state index < -0.39 is 0 Å². The molecule has 3 rings (SSSR count). The van der Waals surface area contributed by atoms with Crippen molar-refractivity contribution in [1.29, 1.82) is 0 Å². The van der Waals surface area contributed by atoms with Crippen LogP contribution in [0, 0.1) is 6.92 Å². The third-order valence-corrected chi connectivity index (χ3v) is 3.57. The van der Waals surface area contributed by atoms with E-state index >= 15 is 0 Å². The van der Waals surface area contributed by atoms with Crippen molar-refractivity contribution in [2.75, 3.05) is 23.0 Å². The highest BCUT2D eigenvalue weighted by molar-refractivity contribution is 5.81. The van der Waals surface area contributed by atoms with Crippen LogP contribution in [0.1, 0.15) is 12.5 Å². The summed E-state index contributed by atoms with van der Waals surface area (Å²) in [6.07, 6.45) is 3.16. The number of ether oxygens (including phenoxy) is 1. The maximum atomic E-state index is 6.23. The number of rotatable bonds is 6. The number of benzene rings is 1. The molecule has 2 heterocycles. The molecule has 0 amide bonds. The molecular weight excluding hydrogens is 316 g/mol. The molecule has 25 heavy (non-hydrogen) atoms. The lowest BCUT2D eigenvalue weighted by molar-refractivity contribution is 0.342. The van der Waals surface area contributed by atoms with E-state index in [0.717, 1.165) is 17.0 Å². The van der Waals surface area contributed by atoms with Crippen molar-refractivity contribution >= 4 is 28.8 Å². The van der Waals surface area contributed by atoms with Gasteiger partial charge in [-0.2, -0.15) is 0 Å². The Bertz CT molecular complexity index is 868. The highest BCUT2D eigenvalue weighted by Gasteiger charge is 2.12. The molecule has 0 bridgehead atoms. The van der Waals surface area contributed by atoms with Crippen LogP contribution in [0.3, 0.4) is 0 Å². The third-order valence-electron chi connectivity index (χ3n) is 3.57. The molecule has 3 aromatic rings. The monoisotopic (exact) mass is 336 g/mol. The van der Waals surface area contributed by atoms with E-state index in [4.69, 9.17) is 10.5 Å². The fourth-order valence-electron chi connectivity index (χ4n) is 2.30. The number of hydrogen-bond acceptors (Lipinski definition) is 7. The zero-order chi connectivity index (χ0) is 17.6. The Morgan fingerprint density at radius 3 is 2.48 bits per heavy atom. The third kappa shape index (κ3) is 3.77. The van der Waals surface area contributed by atoms with Gasteiger partial charge in [0.1, 0.15) is 23.6 Å². The summed E-state index contributed by atoms with van der Waals surface area (Å²) >= 11 is 0. The largest absolute Gasteiger partial charge is 0.492 e. The molecule has 0 atom stereocenters. The van der Waals surface area contributed by atoms with Crippen molar-refractivity contribution in [3.8, 4) is 5.75 Å². The molecule has 0 radical (unpaired) electrons. The number of pyridine rings is 1. The van der Waals surface area contributed by atoms with Gasteiger partial charge in [0.05, 0.1) is 12.3 Å². The first-order chi connectivity index (χ1) is 12.2. The van der Waals surface area contributed by atoms with Gasteiger partial charge in [0.15, 0.2) is 11.6 Å². The van der Waals surface area contributed by atoms with E-state index in [1.165, 1.54) is 6.33 Å². The summed E-state index contributed by atoms with van der Waals surface area (Å²) < 4.78 is 5.62. The average molecular weight is 336 g/mol. The Kier molecular flexibility index (Phi) is 4.94. The second-order valence-corrected chi connectivity index (χ2v) is 5.33. The molecule has 2 aromatic heterocycles. The summed E-state index contributed by atoms with van der Waals surface area (Å²) in [7, 11) is 0. The Hall–Kier alpha value is -3.35. The fraction of sp³-hybridized carbons (Fsp3) is 0.167. The first kappa shape index (κ1) is 16.5. The van der Waals surface area contributed by atoms with E-state index in [9.17, 15) is 0 Å². The number of aromatic nitrogens is 3. The lowest BCUT2D eigenvalue weighted by Crippen LogP contribution is -2.07. The summed E-state index contributed by atoms with van der Waals surface area (Å²) in [6, 6.07) is 11.5. The average Bonchev–Trinajstić information content (AvgIpc) is 2.62. The van der Waals surface area contributed by atoms with Crippen molar-refractivity contribution in [3.63, 3.8) is 0 Å². The lowest BCUT2D eigenvalue weighted by atomic mass is 10.2. The van der Waals surface area contributed by atoms with Gasteiger partial charge >= 0.3 is 0 Å². The van der Waals surface area contributed by atoms with Gasteiger partial charge in [-0.25, -0.2) is 15.0 Å². The quantitative estimate of drug-likeness (QED) is 0.632. The van der Waals surface area contributed by atoms with Gasteiger partial charge in [0.2, 0.25) is 0 Å². The zero-order valence-corrected chi connectivity index (χ0v) is 14.2. The van der Waals surface area contributed by atoms with Crippen molar-refractivity contribution in [2.24, 2.45) is 0 Å². The van der Waals surface area contributed by atoms with Crippen LogP contribution in [-0.4, -0.2) is 21.6 Å². The van der Waals surface area contributed by atoms with Crippen LogP contribution in [0.15, 0.2) is 48.9 Å². The number of nitrogens with two attached hydrogens (primary N) is 1. The second kappa shape index (κ2) is 7.48. The van der Waals surface area contributed by atoms with Gasteiger partial charge < -0.3 is 21.1 Å². The first-order valence-electron chi connectivity index (χ1n) is 7.97. The minimum Gasteiger partial charge on any atom is -0.492 e. The Balaban J connectivity index is 1.88. The molecular formula is C18H20N6O. The first-order valence-corrected chi connectivity index (χ1v) is 7.97. The minimum atomic E-state index is 0.402. The van der Waals surface area contributed by atoms with E-state index in [1.54, 1.807) is 6.20 Å². The molecule has 0 aliphatic heterocycles. The number of hydrogen-bond donors (Lipinski definition) is 3. The predicted molar refractivity (Wildman–Crippen MR) is 99.6 cm³/mol. The fourth-order valence-corrected chi connectivity index (χ4v) is 2.30. The van der Waals surface area contributed by atoms with Gasteiger partial charge in [0.25, 0.3) is 0 Å². The van der Waals surface area contributed by atoms with Crippen LogP contribution in [0.25, 0.3) is 0 Å². The van der Waals surface area contributed by atoms with Crippen molar-refractivity contribution < 1.29 is 4.74 Å². The molecule has 128 valence electrons. The summed E-state index contributed by atoms with van der Waals surface area (Å²) in [5.41, 5.74) is 8.42. The van der Waals surface area contributed by atoms with Crippen LogP contribution < -0.4 is 21.1 Å². The SMILES string of the molecule is CCOc1ccccc1Nc1ncnc(Nc2ncccc2C)c1N. The highest BCUT2D eigenvalue weighted by Crippen LogP contribution is 2.32. The molecule has 4 N–H and O–H groups in total. The van der Waals surface area contributed by atoms with Gasteiger partial charge in [-0.15, -0.1) is 0 Å². The van der Waals surface area contributed by atoms with Crippen LogP contribution >= 0.6 is 0 Å². The maximum absolute atomic E-state index is 6.23.